The third kappa shape index (κ3) is 4.19. The number of benzene rings is 1. The fourth-order valence-electron chi connectivity index (χ4n) is 2.82. The van der Waals surface area contributed by atoms with Gasteiger partial charge in [-0.3, -0.25) is 4.98 Å². The number of nitrogens with zero attached hydrogens (tertiary/aromatic N) is 7. The SMILES string of the molecule is CC(C)CON=C(CO)c1cnc2nnn(Cc3ccc4ncccc4c3)c2n1. The quantitative estimate of drug-likeness (QED) is 0.380. The van der Waals surface area contributed by atoms with Crippen LogP contribution >= 0.6 is 0 Å². The van der Waals surface area contributed by atoms with Crippen LogP contribution in [-0.4, -0.2) is 54.0 Å². The predicted octanol–water partition coefficient (Wildman–Crippen LogP) is 2.19. The fraction of sp³-hybridized carbons (Fsp3) is 0.300. The average molecular weight is 391 g/mol. The van der Waals surface area contributed by atoms with Crippen molar-refractivity contribution in [3.8, 4) is 0 Å². The first-order chi connectivity index (χ1) is 14.1. The van der Waals surface area contributed by atoms with Crippen LogP contribution in [0.15, 0.2) is 47.9 Å². The van der Waals surface area contributed by atoms with Gasteiger partial charge in [-0.15, -0.1) is 5.10 Å². The highest BCUT2D eigenvalue weighted by molar-refractivity contribution is 6.00. The molecule has 0 atom stereocenters. The van der Waals surface area contributed by atoms with Gasteiger partial charge >= 0.3 is 0 Å². The Hall–Kier alpha value is -3.46. The maximum absolute atomic E-state index is 9.65. The van der Waals surface area contributed by atoms with Gasteiger partial charge < -0.3 is 9.94 Å². The van der Waals surface area contributed by atoms with Gasteiger partial charge in [0.05, 0.1) is 24.9 Å². The van der Waals surface area contributed by atoms with E-state index in [1.165, 1.54) is 6.20 Å². The van der Waals surface area contributed by atoms with E-state index in [-0.39, 0.29) is 6.61 Å². The number of rotatable bonds is 7. The maximum atomic E-state index is 9.65. The van der Waals surface area contributed by atoms with Crippen molar-refractivity contribution in [3.63, 3.8) is 0 Å². The topological polar surface area (TPSA) is 111 Å². The number of pyridine rings is 1. The molecule has 29 heavy (non-hydrogen) atoms. The van der Waals surface area contributed by atoms with E-state index in [9.17, 15) is 5.11 Å². The Labute approximate surface area is 167 Å². The molecule has 0 bridgehead atoms. The lowest BCUT2D eigenvalue weighted by molar-refractivity contribution is 0.116. The molecule has 4 rings (SSSR count). The molecule has 1 N–H and O–H groups in total. The molecule has 148 valence electrons. The number of aliphatic hydroxyl groups excluding tert-OH is 1. The van der Waals surface area contributed by atoms with Crippen molar-refractivity contribution in [2.45, 2.75) is 20.4 Å². The van der Waals surface area contributed by atoms with E-state index in [0.29, 0.717) is 41.8 Å². The van der Waals surface area contributed by atoms with E-state index in [1.807, 2.05) is 38.1 Å². The third-order valence-corrected chi connectivity index (χ3v) is 4.26. The molecule has 0 spiro atoms. The van der Waals surface area contributed by atoms with Gasteiger partial charge in [0, 0.05) is 11.6 Å². The summed E-state index contributed by atoms with van der Waals surface area (Å²) in [5.41, 5.74) is 3.66. The Kier molecular flexibility index (Phi) is 5.39. The second-order valence-corrected chi connectivity index (χ2v) is 7.07. The highest BCUT2D eigenvalue weighted by atomic mass is 16.6. The van der Waals surface area contributed by atoms with Gasteiger partial charge in [0.2, 0.25) is 5.65 Å². The summed E-state index contributed by atoms with van der Waals surface area (Å²) >= 11 is 0. The Morgan fingerprint density at radius 2 is 2.14 bits per heavy atom. The Morgan fingerprint density at radius 3 is 2.97 bits per heavy atom. The molecule has 0 saturated carbocycles. The summed E-state index contributed by atoms with van der Waals surface area (Å²) in [6, 6.07) is 9.97. The number of hydrogen-bond acceptors (Lipinski definition) is 8. The number of oxime groups is 1. The third-order valence-electron chi connectivity index (χ3n) is 4.26. The predicted molar refractivity (Wildman–Crippen MR) is 108 cm³/mol. The van der Waals surface area contributed by atoms with E-state index >= 15 is 0 Å². The summed E-state index contributed by atoms with van der Waals surface area (Å²) < 4.78 is 1.67. The summed E-state index contributed by atoms with van der Waals surface area (Å²) in [6.45, 7) is 4.67. The molecule has 9 heteroatoms. The van der Waals surface area contributed by atoms with Crippen LogP contribution in [0.25, 0.3) is 22.2 Å². The monoisotopic (exact) mass is 391 g/mol. The zero-order valence-corrected chi connectivity index (χ0v) is 16.2. The van der Waals surface area contributed by atoms with Gasteiger partial charge in [-0.25, -0.2) is 14.6 Å². The molecular formula is C20H21N7O2. The summed E-state index contributed by atoms with van der Waals surface area (Å²) in [6.07, 6.45) is 3.28. The van der Waals surface area contributed by atoms with Crippen LogP contribution in [0.3, 0.4) is 0 Å². The summed E-state index contributed by atoms with van der Waals surface area (Å²) in [7, 11) is 0. The lowest BCUT2D eigenvalue weighted by Gasteiger charge is -2.06. The van der Waals surface area contributed by atoms with Crippen molar-refractivity contribution in [2.24, 2.45) is 11.1 Å². The van der Waals surface area contributed by atoms with Crippen LogP contribution in [0.5, 0.6) is 0 Å². The zero-order chi connectivity index (χ0) is 20.2. The van der Waals surface area contributed by atoms with Crippen LogP contribution in [0.1, 0.15) is 25.1 Å². The Bertz CT molecular complexity index is 1170. The molecule has 0 aliphatic rings. The Morgan fingerprint density at radius 1 is 1.24 bits per heavy atom. The lowest BCUT2D eigenvalue weighted by atomic mass is 10.1. The number of hydrogen-bond donors (Lipinski definition) is 1. The smallest absolute Gasteiger partial charge is 0.221 e. The van der Waals surface area contributed by atoms with E-state index in [4.69, 9.17) is 4.84 Å². The van der Waals surface area contributed by atoms with Gasteiger partial charge in [0.15, 0.2) is 5.65 Å². The minimum atomic E-state index is -0.308. The lowest BCUT2D eigenvalue weighted by Crippen LogP contribution is -2.12. The van der Waals surface area contributed by atoms with Crippen molar-refractivity contribution in [2.75, 3.05) is 13.2 Å². The van der Waals surface area contributed by atoms with Crippen LogP contribution in [-0.2, 0) is 11.4 Å². The van der Waals surface area contributed by atoms with E-state index < -0.39 is 0 Å². The molecule has 0 aliphatic heterocycles. The van der Waals surface area contributed by atoms with Gasteiger partial charge in [0.25, 0.3) is 0 Å². The average Bonchev–Trinajstić information content (AvgIpc) is 3.13. The van der Waals surface area contributed by atoms with E-state index in [0.717, 1.165) is 16.5 Å². The van der Waals surface area contributed by atoms with Crippen LogP contribution in [0.2, 0.25) is 0 Å². The van der Waals surface area contributed by atoms with Crippen molar-refractivity contribution in [1.82, 2.24) is 29.9 Å². The van der Waals surface area contributed by atoms with Gasteiger partial charge in [0.1, 0.15) is 18.0 Å². The van der Waals surface area contributed by atoms with Crippen LogP contribution in [0.4, 0.5) is 0 Å². The molecule has 0 amide bonds. The molecule has 4 aromatic rings. The molecule has 0 radical (unpaired) electrons. The van der Waals surface area contributed by atoms with Gasteiger partial charge in [-0.2, -0.15) is 0 Å². The molecular weight excluding hydrogens is 370 g/mol. The molecule has 0 aliphatic carbocycles. The molecule has 1 aromatic carbocycles. The van der Waals surface area contributed by atoms with Gasteiger partial charge in [-0.1, -0.05) is 36.3 Å². The standard InChI is InChI=1S/C20H21N7O2/c1-13(2)12-29-25-18(11-28)17-9-22-19-20(23-17)27(26-24-19)10-14-5-6-16-15(8-14)4-3-7-21-16/h3-9,13,28H,10-12H2,1-2H3. The highest BCUT2D eigenvalue weighted by Crippen LogP contribution is 2.16. The molecule has 9 nitrogen and oxygen atoms in total. The minimum absolute atomic E-state index is 0.308. The van der Waals surface area contributed by atoms with Crippen molar-refractivity contribution in [3.05, 3.63) is 54.0 Å². The van der Waals surface area contributed by atoms with Crippen molar-refractivity contribution < 1.29 is 9.94 Å². The maximum Gasteiger partial charge on any atom is 0.221 e. The fourth-order valence-corrected chi connectivity index (χ4v) is 2.82. The largest absolute Gasteiger partial charge is 0.395 e. The molecule has 3 heterocycles. The molecule has 0 unspecified atom stereocenters. The van der Waals surface area contributed by atoms with E-state index in [2.05, 4.69) is 36.5 Å². The number of aliphatic hydroxyl groups is 1. The molecule has 0 fully saturated rings. The van der Waals surface area contributed by atoms with Crippen molar-refractivity contribution >= 4 is 27.9 Å². The second-order valence-electron chi connectivity index (χ2n) is 7.07. The number of aromatic nitrogens is 6. The first-order valence-corrected chi connectivity index (χ1v) is 9.34. The van der Waals surface area contributed by atoms with Crippen LogP contribution < -0.4 is 0 Å². The zero-order valence-electron chi connectivity index (χ0n) is 16.2. The minimum Gasteiger partial charge on any atom is -0.395 e. The Balaban J connectivity index is 1.64. The molecule has 0 saturated heterocycles. The first-order valence-electron chi connectivity index (χ1n) is 9.34. The molecule has 3 aromatic heterocycles. The first kappa shape index (κ1) is 18.9. The number of fused-ring (bicyclic) bond motifs is 2. The van der Waals surface area contributed by atoms with Gasteiger partial charge in [-0.05, 0) is 29.7 Å². The highest BCUT2D eigenvalue weighted by Gasteiger charge is 2.13. The summed E-state index contributed by atoms with van der Waals surface area (Å²) in [5, 5.41) is 23.0. The normalized spacial score (nSPS) is 12.2. The van der Waals surface area contributed by atoms with E-state index in [1.54, 1.807) is 10.9 Å². The van der Waals surface area contributed by atoms with Crippen LogP contribution in [0, 0.1) is 5.92 Å². The summed E-state index contributed by atoms with van der Waals surface area (Å²) in [4.78, 5) is 18.5. The second kappa shape index (κ2) is 8.27. The van der Waals surface area contributed by atoms with Crippen molar-refractivity contribution in [1.29, 1.82) is 0 Å². The summed E-state index contributed by atoms with van der Waals surface area (Å²) in [5.74, 6) is 0.329.